The van der Waals surface area contributed by atoms with Gasteiger partial charge in [-0.15, -0.1) is 0 Å². The number of aryl methyl sites for hydroxylation is 1. The van der Waals surface area contributed by atoms with Gasteiger partial charge in [0, 0.05) is 12.1 Å². The topological polar surface area (TPSA) is 106 Å². The molecule has 2 aliphatic rings. The fourth-order valence-electron chi connectivity index (χ4n) is 4.15. The minimum absolute atomic E-state index is 0.130. The van der Waals surface area contributed by atoms with Crippen LogP contribution >= 0.6 is 0 Å². The summed E-state index contributed by atoms with van der Waals surface area (Å²) in [6.45, 7) is 7.74. The molecule has 2 aliphatic heterocycles. The number of pyridine rings is 1. The second kappa shape index (κ2) is 8.61. The van der Waals surface area contributed by atoms with Gasteiger partial charge in [-0.2, -0.15) is 0 Å². The van der Waals surface area contributed by atoms with Crippen LogP contribution in [0.2, 0.25) is 0 Å². The van der Waals surface area contributed by atoms with Crippen molar-refractivity contribution >= 4 is 23.5 Å². The van der Waals surface area contributed by atoms with Crippen LogP contribution in [0.5, 0.6) is 5.75 Å². The molecule has 1 aromatic heterocycles. The van der Waals surface area contributed by atoms with E-state index in [0.717, 1.165) is 10.5 Å². The standard InChI is InChI=1S/C25H25N3O5/c1-4-33-17-7-9-20(26-14-17)21(29)10-6-16-5-8-18-19(13-16)23(31)28(22(18)30)25(3)12-11-15(2)27-24(25)32/h5,7-9,13-14H,2,4,6,10-12H2,1,3H3,(H,27,32)/t25-/m0/s1. The number of carbonyl (C=O) groups is 4. The van der Waals surface area contributed by atoms with Crippen LogP contribution in [0.4, 0.5) is 0 Å². The number of ketones is 1. The third-order valence-electron chi connectivity index (χ3n) is 6.11. The lowest BCUT2D eigenvalue weighted by Gasteiger charge is -2.39. The Morgan fingerprint density at radius 3 is 2.61 bits per heavy atom. The van der Waals surface area contributed by atoms with Crippen molar-refractivity contribution in [2.75, 3.05) is 6.61 Å². The van der Waals surface area contributed by atoms with Crippen molar-refractivity contribution in [3.8, 4) is 5.75 Å². The molecule has 1 aromatic carbocycles. The summed E-state index contributed by atoms with van der Waals surface area (Å²) in [4.78, 5) is 56.5. The van der Waals surface area contributed by atoms with Crippen LogP contribution in [0.3, 0.4) is 0 Å². The van der Waals surface area contributed by atoms with Crippen molar-refractivity contribution < 1.29 is 23.9 Å². The maximum absolute atomic E-state index is 13.1. The molecule has 4 rings (SSSR count). The van der Waals surface area contributed by atoms with E-state index < -0.39 is 23.3 Å². The number of hydrogen-bond acceptors (Lipinski definition) is 6. The van der Waals surface area contributed by atoms with E-state index in [1.807, 2.05) is 6.92 Å². The van der Waals surface area contributed by atoms with Gasteiger partial charge in [0.1, 0.15) is 17.0 Å². The van der Waals surface area contributed by atoms with E-state index in [1.165, 1.54) is 6.20 Å². The fraction of sp³-hybridized carbons (Fsp3) is 0.320. The summed E-state index contributed by atoms with van der Waals surface area (Å²) in [6, 6.07) is 8.29. The van der Waals surface area contributed by atoms with Gasteiger partial charge >= 0.3 is 0 Å². The number of hydrogen-bond donors (Lipinski definition) is 1. The molecule has 3 heterocycles. The van der Waals surface area contributed by atoms with E-state index in [2.05, 4.69) is 16.9 Å². The molecular formula is C25H25N3O5. The highest BCUT2D eigenvalue weighted by Gasteiger charge is 2.51. The zero-order chi connectivity index (χ0) is 23.8. The third kappa shape index (κ3) is 4.04. The lowest BCUT2D eigenvalue weighted by atomic mass is 9.88. The Kier molecular flexibility index (Phi) is 5.84. The van der Waals surface area contributed by atoms with E-state index in [-0.39, 0.29) is 23.3 Å². The molecule has 33 heavy (non-hydrogen) atoms. The van der Waals surface area contributed by atoms with Crippen LogP contribution in [0.25, 0.3) is 0 Å². The SMILES string of the molecule is C=C1CC[C@](C)(N2C(=O)c3ccc(CCC(=O)c4ccc(OCC)cn4)cc3C2=O)C(=O)N1. The summed E-state index contributed by atoms with van der Waals surface area (Å²) < 4.78 is 5.34. The zero-order valence-electron chi connectivity index (χ0n) is 18.6. The molecule has 170 valence electrons. The minimum atomic E-state index is -1.27. The zero-order valence-corrected chi connectivity index (χ0v) is 18.6. The van der Waals surface area contributed by atoms with Crippen molar-refractivity contribution in [3.05, 3.63) is 71.2 Å². The number of piperidine rings is 1. The van der Waals surface area contributed by atoms with E-state index in [4.69, 9.17) is 4.74 Å². The number of ether oxygens (including phenoxy) is 1. The van der Waals surface area contributed by atoms with Gasteiger partial charge in [-0.1, -0.05) is 12.6 Å². The highest BCUT2D eigenvalue weighted by atomic mass is 16.5. The molecule has 0 spiro atoms. The van der Waals surface area contributed by atoms with Gasteiger partial charge in [0.15, 0.2) is 5.78 Å². The Balaban J connectivity index is 1.48. The second-order valence-corrected chi connectivity index (χ2v) is 8.39. The molecule has 3 amide bonds. The molecule has 1 fully saturated rings. The van der Waals surface area contributed by atoms with Crippen LogP contribution < -0.4 is 10.1 Å². The Morgan fingerprint density at radius 2 is 1.94 bits per heavy atom. The van der Waals surface area contributed by atoms with Gasteiger partial charge in [0.25, 0.3) is 11.8 Å². The van der Waals surface area contributed by atoms with Crippen molar-refractivity contribution in [2.45, 2.75) is 45.1 Å². The van der Waals surface area contributed by atoms with Gasteiger partial charge in [-0.3, -0.25) is 24.1 Å². The largest absolute Gasteiger partial charge is 0.492 e. The van der Waals surface area contributed by atoms with E-state index in [1.54, 1.807) is 37.3 Å². The van der Waals surface area contributed by atoms with Crippen LogP contribution in [0.15, 0.2) is 48.8 Å². The number of amides is 3. The minimum Gasteiger partial charge on any atom is -0.492 e. The summed E-state index contributed by atoms with van der Waals surface area (Å²) in [7, 11) is 0. The van der Waals surface area contributed by atoms with Crippen molar-refractivity contribution in [1.29, 1.82) is 0 Å². The molecule has 2 aromatic rings. The van der Waals surface area contributed by atoms with E-state index in [9.17, 15) is 19.2 Å². The maximum atomic E-state index is 13.1. The molecule has 0 unspecified atom stereocenters. The first-order chi connectivity index (χ1) is 15.7. The number of aromatic nitrogens is 1. The lowest BCUT2D eigenvalue weighted by Crippen LogP contribution is -2.60. The number of Topliss-reactive ketones (excluding diaryl/α,β-unsaturated/α-hetero) is 1. The second-order valence-electron chi connectivity index (χ2n) is 8.39. The first-order valence-corrected chi connectivity index (χ1v) is 10.9. The summed E-state index contributed by atoms with van der Waals surface area (Å²) in [5.74, 6) is -0.927. The molecular weight excluding hydrogens is 422 g/mol. The van der Waals surface area contributed by atoms with Gasteiger partial charge in [-0.05, 0) is 62.9 Å². The number of nitrogens with one attached hydrogen (secondary N) is 1. The number of fused-ring (bicyclic) bond motifs is 1. The quantitative estimate of drug-likeness (QED) is 0.517. The number of imide groups is 1. The summed E-state index contributed by atoms with van der Waals surface area (Å²) in [6.07, 6.45) is 2.92. The van der Waals surface area contributed by atoms with Crippen LogP contribution in [0.1, 0.15) is 69.9 Å². The molecule has 1 saturated heterocycles. The normalized spacial score (nSPS) is 20.0. The summed E-state index contributed by atoms with van der Waals surface area (Å²) in [5, 5.41) is 2.65. The first kappa shape index (κ1) is 22.4. The number of rotatable bonds is 7. The molecule has 0 aliphatic carbocycles. The average molecular weight is 447 g/mol. The Hall–Kier alpha value is -3.81. The highest BCUT2D eigenvalue weighted by Crippen LogP contribution is 2.35. The molecule has 8 heteroatoms. The predicted octanol–water partition coefficient (Wildman–Crippen LogP) is 3.07. The van der Waals surface area contributed by atoms with Crippen LogP contribution in [-0.4, -0.2) is 45.5 Å². The lowest BCUT2D eigenvalue weighted by molar-refractivity contribution is -0.131. The third-order valence-corrected chi connectivity index (χ3v) is 6.11. The predicted molar refractivity (Wildman–Crippen MR) is 120 cm³/mol. The molecule has 1 atom stereocenters. The van der Waals surface area contributed by atoms with Crippen molar-refractivity contribution in [2.24, 2.45) is 0 Å². The fourth-order valence-corrected chi connectivity index (χ4v) is 4.15. The number of allylic oxidation sites excluding steroid dienone is 1. The average Bonchev–Trinajstić information content (AvgIpc) is 3.05. The Labute approximate surface area is 191 Å². The van der Waals surface area contributed by atoms with E-state index >= 15 is 0 Å². The van der Waals surface area contributed by atoms with Crippen LogP contribution in [0, 0.1) is 0 Å². The van der Waals surface area contributed by atoms with Crippen LogP contribution in [-0.2, 0) is 11.2 Å². The molecule has 8 nitrogen and oxygen atoms in total. The number of nitrogens with zero attached hydrogens (tertiary/aromatic N) is 2. The van der Waals surface area contributed by atoms with Gasteiger partial charge in [0.05, 0.1) is 23.9 Å². The smallest absolute Gasteiger partial charge is 0.262 e. The summed E-state index contributed by atoms with van der Waals surface area (Å²) in [5.41, 5.74) is 0.911. The molecule has 0 saturated carbocycles. The van der Waals surface area contributed by atoms with Gasteiger partial charge in [0.2, 0.25) is 5.91 Å². The van der Waals surface area contributed by atoms with E-state index in [0.29, 0.717) is 43.0 Å². The summed E-state index contributed by atoms with van der Waals surface area (Å²) >= 11 is 0. The molecule has 0 bridgehead atoms. The molecule has 1 N–H and O–H groups in total. The number of carbonyl (C=O) groups excluding carboxylic acids is 4. The first-order valence-electron chi connectivity index (χ1n) is 10.9. The maximum Gasteiger partial charge on any atom is 0.262 e. The highest BCUT2D eigenvalue weighted by molar-refractivity contribution is 6.23. The van der Waals surface area contributed by atoms with Gasteiger partial charge in [-0.25, -0.2) is 4.98 Å². The number of benzene rings is 1. The van der Waals surface area contributed by atoms with Crippen molar-refractivity contribution in [1.82, 2.24) is 15.2 Å². The Bertz CT molecular complexity index is 1170. The Morgan fingerprint density at radius 1 is 1.18 bits per heavy atom. The molecule has 0 radical (unpaired) electrons. The monoisotopic (exact) mass is 447 g/mol. The van der Waals surface area contributed by atoms with Gasteiger partial charge < -0.3 is 10.1 Å². The van der Waals surface area contributed by atoms with Crippen molar-refractivity contribution in [3.63, 3.8) is 0 Å².